The molecule has 2 bridgehead atoms. The number of aliphatic hydroxyl groups is 2. The molecule has 1 aliphatic heterocycles. The number of esters is 3. The van der Waals surface area contributed by atoms with Crippen LogP contribution in [0.1, 0.15) is 64.7 Å². The predicted molar refractivity (Wildman–Crippen MR) is 203 cm³/mol. The van der Waals surface area contributed by atoms with Crippen LogP contribution in [0.2, 0.25) is 0 Å². The van der Waals surface area contributed by atoms with E-state index in [-0.39, 0.29) is 36.3 Å². The minimum absolute atomic E-state index is 0.129. The average Bonchev–Trinajstić information content (AvgIpc) is 3.00. The van der Waals surface area contributed by atoms with Crippen LogP contribution in [0, 0.1) is 22.7 Å². The Kier molecular flexibility index (Phi) is 12.0. The maximum absolute atomic E-state index is 15.6. The molecule has 3 fully saturated rings. The molecule has 270 valence electrons. The van der Waals surface area contributed by atoms with Crippen LogP contribution in [-0.2, 0) is 37.9 Å². The number of hydrogen-bond donors (Lipinski definition) is 2. The third-order valence-electron chi connectivity index (χ3n) is 10.8. The second-order valence-corrected chi connectivity index (χ2v) is 37.5. The van der Waals surface area contributed by atoms with E-state index in [1.54, 1.807) is 58.0 Å². The zero-order valence-electron chi connectivity index (χ0n) is 28.2. The largest absolute Gasteiger partial charge is 0.455 e. The van der Waals surface area contributed by atoms with Crippen molar-refractivity contribution in [2.24, 2.45) is 22.7 Å². The van der Waals surface area contributed by atoms with Gasteiger partial charge in [0.05, 0.1) is 43.2 Å². The molecule has 0 amide bonds. The number of ketones is 1. The quantitative estimate of drug-likeness (QED) is 0.174. The van der Waals surface area contributed by atoms with Gasteiger partial charge < -0.3 is 33.7 Å². The normalized spacial score (nSPS) is 36.7. The van der Waals surface area contributed by atoms with Crippen LogP contribution in [0.5, 0.6) is 0 Å². The molecular formula is C31H45O11P7. The lowest BCUT2D eigenvalue weighted by Crippen LogP contribution is -2.81. The molecule has 5 rings (SSSR count). The zero-order chi connectivity index (χ0) is 36.4. The van der Waals surface area contributed by atoms with Crippen LogP contribution in [0.15, 0.2) is 41.7 Å². The third-order valence-corrected chi connectivity index (χ3v) is 33.2. The number of carbonyl (C=O) groups excluding carboxylic acids is 4. The van der Waals surface area contributed by atoms with Gasteiger partial charge in [0, 0.05) is 38.0 Å². The number of Topliss-reactive ketones (excluding diaryl/α,β-unsaturated/α-hetero) is 1. The zero-order valence-corrected chi connectivity index (χ0v) is 35.5. The molecule has 3 aliphatic carbocycles. The van der Waals surface area contributed by atoms with Crippen LogP contribution in [0.25, 0.3) is 0 Å². The number of benzene rings is 1. The first kappa shape index (κ1) is 40.1. The Morgan fingerprint density at radius 1 is 1.00 bits per heavy atom. The molecule has 49 heavy (non-hydrogen) atoms. The van der Waals surface area contributed by atoms with E-state index in [9.17, 15) is 24.6 Å². The molecule has 4 aliphatic rings. The van der Waals surface area contributed by atoms with Gasteiger partial charge in [0.1, 0.15) is 17.8 Å². The van der Waals surface area contributed by atoms with E-state index < -0.39 is 103 Å². The molecule has 2 saturated carbocycles. The highest BCUT2D eigenvalue weighted by atomic mass is 33.0. The van der Waals surface area contributed by atoms with Crippen LogP contribution in [0.4, 0.5) is 0 Å². The van der Waals surface area contributed by atoms with E-state index in [0.29, 0.717) is 0 Å². The molecule has 0 aromatic heterocycles. The highest BCUT2D eigenvalue weighted by Gasteiger charge is 2.78. The van der Waals surface area contributed by atoms with Crippen molar-refractivity contribution in [3.05, 3.63) is 47.2 Å². The van der Waals surface area contributed by atoms with Gasteiger partial charge in [0.25, 0.3) is 0 Å². The molecule has 18 heteroatoms. The Morgan fingerprint density at radius 2 is 1.61 bits per heavy atom. The monoisotopic (exact) mass is 810 g/mol. The van der Waals surface area contributed by atoms with Crippen molar-refractivity contribution in [3.63, 3.8) is 0 Å². The number of rotatable bonds is 8. The van der Waals surface area contributed by atoms with Crippen LogP contribution in [-0.4, -0.2) is 76.1 Å². The van der Waals surface area contributed by atoms with E-state index >= 15 is 4.79 Å². The third kappa shape index (κ3) is 6.68. The van der Waals surface area contributed by atoms with Gasteiger partial charge >= 0.3 is 17.9 Å². The fourth-order valence-corrected chi connectivity index (χ4v) is 41.3. The van der Waals surface area contributed by atoms with Gasteiger partial charge in [-0.3, -0.25) is 14.4 Å². The Bertz CT molecular complexity index is 1530. The number of carbonyl (C=O) groups is 4. The minimum Gasteiger partial charge on any atom is -0.455 e. The summed E-state index contributed by atoms with van der Waals surface area (Å²) in [4.78, 5) is 55.4. The number of aliphatic hydroxyl groups excluding tert-OH is 1. The predicted octanol–water partition coefficient (Wildman–Crippen LogP) is 6.23. The molecule has 11 nitrogen and oxygen atoms in total. The van der Waals surface area contributed by atoms with Crippen molar-refractivity contribution in [3.8, 4) is 0 Å². The first-order chi connectivity index (χ1) is 22.7. The van der Waals surface area contributed by atoms with Crippen molar-refractivity contribution in [2.45, 2.75) is 90.0 Å². The molecule has 1 aromatic rings. The van der Waals surface area contributed by atoms with Gasteiger partial charge in [0.2, 0.25) is 5.78 Å². The summed E-state index contributed by atoms with van der Waals surface area (Å²) < 4.78 is 31.5. The summed E-state index contributed by atoms with van der Waals surface area (Å²) in [5.41, 5.74) is -6.36. The fourth-order valence-electron chi connectivity index (χ4n) is 8.37. The fraction of sp³-hybridized carbons (Fsp3) is 0.613. The van der Waals surface area contributed by atoms with Crippen LogP contribution in [0.3, 0.4) is 0 Å². The lowest BCUT2D eigenvalue weighted by atomic mass is 9.45. The Balaban J connectivity index is 1.89. The highest BCUT2D eigenvalue weighted by molar-refractivity contribution is 8.96. The Hall–Kier alpha value is -0.110. The van der Waals surface area contributed by atoms with Gasteiger partial charge in [-0.05, 0) is 38.6 Å². The summed E-state index contributed by atoms with van der Waals surface area (Å²) in [6.07, 6.45) is -4.63. The maximum Gasteiger partial charge on any atom is 0.338 e. The van der Waals surface area contributed by atoms with Crippen LogP contribution < -0.4 is 0 Å². The molecule has 0 radical (unpaired) electrons. The van der Waals surface area contributed by atoms with E-state index in [0.717, 1.165) is 0 Å². The molecule has 0 spiro atoms. The van der Waals surface area contributed by atoms with Crippen LogP contribution >= 0.6 is 57.2 Å². The van der Waals surface area contributed by atoms with Crippen molar-refractivity contribution in [1.29, 1.82) is 0 Å². The summed E-state index contributed by atoms with van der Waals surface area (Å²) in [5, 5.41) is 24.8. The van der Waals surface area contributed by atoms with Gasteiger partial charge in [-0.15, -0.1) is 35.7 Å². The van der Waals surface area contributed by atoms with E-state index in [1.807, 2.05) is 0 Å². The van der Waals surface area contributed by atoms with Crippen molar-refractivity contribution in [2.75, 3.05) is 6.61 Å². The molecule has 13 atom stereocenters. The lowest BCUT2D eigenvalue weighted by Gasteiger charge is -2.67. The molecule has 2 N–H and O–H groups in total. The van der Waals surface area contributed by atoms with Crippen molar-refractivity contribution in [1.82, 2.24) is 0 Å². The standard InChI is InChI=1S/C31H45O11P7/c1-15-19(34)13-31(37)26(40-27(36)18-10-8-7-9-11-18)24-29(6,25(35)23(39-16(2)32)22(15)28(31,4)5)20(42-47(48(43)44)49(45)46)12-21-30(24,14-38-21)41-17(3)33/h7-11,15,19-21,24,26,34,37H,12-14,43-46H2,1-6H3/t15?,19-,20-,21+,24-,26-,29+,30-,31+/m0/s1. The molecule has 1 saturated heterocycles. The molecular weight excluding hydrogens is 765 g/mol. The Morgan fingerprint density at radius 3 is 2.12 bits per heavy atom. The van der Waals surface area contributed by atoms with E-state index in [1.165, 1.54) is 13.8 Å². The second kappa shape index (κ2) is 14.6. The first-order valence-electron chi connectivity index (χ1n) is 15.7. The highest BCUT2D eigenvalue weighted by Crippen LogP contribution is 2.98. The topological polar surface area (TPSA) is 155 Å². The summed E-state index contributed by atoms with van der Waals surface area (Å²) in [5.74, 6) is -5.14. The van der Waals surface area contributed by atoms with Gasteiger partial charge in [-0.2, -0.15) is 0 Å². The van der Waals surface area contributed by atoms with Gasteiger partial charge in [0.15, 0.2) is 11.4 Å². The summed E-state index contributed by atoms with van der Waals surface area (Å²) in [6, 6.07) is 8.25. The molecule has 1 aromatic carbocycles. The minimum atomic E-state index is -2.09. The lowest BCUT2D eigenvalue weighted by molar-refractivity contribution is -0.343. The first-order valence-corrected chi connectivity index (χ1v) is 27.6. The van der Waals surface area contributed by atoms with E-state index in [4.69, 9.17) is 23.5 Å². The smallest absolute Gasteiger partial charge is 0.338 e. The second-order valence-electron chi connectivity index (χ2n) is 13.9. The maximum atomic E-state index is 15.6. The summed E-state index contributed by atoms with van der Waals surface area (Å²) >= 11 is 0. The molecule has 1 heterocycles. The number of fused-ring (bicyclic) bond motifs is 5. The van der Waals surface area contributed by atoms with Gasteiger partial charge in [-0.25, -0.2) is 4.79 Å². The van der Waals surface area contributed by atoms with Gasteiger partial charge in [-0.1, -0.05) is 39.0 Å². The molecule has 5 unspecified atom stereocenters. The average molecular weight is 811 g/mol. The Labute approximate surface area is 299 Å². The van der Waals surface area contributed by atoms with Crippen molar-refractivity contribution < 1.29 is 52.9 Å². The number of hydrogen-bond acceptors (Lipinski definition) is 11. The summed E-state index contributed by atoms with van der Waals surface area (Å²) in [7, 11) is 10.0. The summed E-state index contributed by atoms with van der Waals surface area (Å²) in [6.45, 7) is 7.40. The number of allylic oxidation sites excluding steroid dienone is 1. The SMILES string of the molecule is CC(=O)OC1=C2C(C)[C@@H](O)C[C@@](O)([C@@H](OC(=O)c3ccccc3)[C@@H]3[C@]4(OC(C)=O)CO[C@@H]4C[C@H](OP(P(P)P)P(P)P)[C@@]3(C)C1=O)C2(C)C. The number of ether oxygens (including phenoxy) is 4. The van der Waals surface area contributed by atoms with E-state index in [2.05, 4.69) is 35.7 Å². The van der Waals surface area contributed by atoms with Crippen molar-refractivity contribution >= 4 is 80.9 Å².